The van der Waals surface area contributed by atoms with E-state index in [1.54, 1.807) is 18.2 Å². The first-order valence-electron chi connectivity index (χ1n) is 14.4. The van der Waals surface area contributed by atoms with Gasteiger partial charge in [0.15, 0.2) is 0 Å². The smallest absolute Gasteiger partial charge is 0.418 e. The van der Waals surface area contributed by atoms with Crippen molar-refractivity contribution in [2.24, 2.45) is 0 Å². The summed E-state index contributed by atoms with van der Waals surface area (Å²) < 4.78 is 78.0. The molecule has 0 saturated carbocycles. The maximum Gasteiger partial charge on any atom is 2.00 e. The Hall–Kier alpha value is -2.55. The number of hydrogen-bond donors (Lipinski definition) is 0. The van der Waals surface area contributed by atoms with Crippen LogP contribution < -0.4 is 9.80 Å². The summed E-state index contributed by atoms with van der Waals surface area (Å²) in [5.41, 5.74) is 2.82. The van der Waals surface area contributed by atoms with Crippen LogP contribution in [0.15, 0.2) is 60.7 Å². The molecular formula is C30H47B2CoF8N5P2+2. The van der Waals surface area contributed by atoms with Crippen molar-refractivity contribution >= 4 is 41.7 Å². The predicted octanol–water partition coefficient (Wildman–Crippen LogP) is 11.1. The van der Waals surface area contributed by atoms with Crippen LogP contribution in [0.5, 0.6) is 0 Å². The van der Waals surface area contributed by atoms with Crippen molar-refractivity contribution in [1.29, 1.82) is 15.8 Å². The Morgan fingerprint density at radius 1 is 0.521 bits per heavy atom. The normalized spacial score (nSPS) is 15.8. The van der Waals surface area contributed by atoms with Gasteiger partial charge in [-0.2, -0.15) is 15.8 Å². The fourth-order valence-corrected chi connectivity index (χ4v) is 9.29. The Morgan fingerprint density at radius 2 is 0.688 bits per heavy atom. The van der Waals surface area contributed by atoms with Gasteiger partial charge in [0.05, 0.1) is 28.5 Å². The van der Waals surface area contributed by atoms with E-state index >= 15 is 0 Å². The molecule has 1 aliphatic rings. The van der Waals surface area contributed by atoms with Gasteiger partial charge in [-0.1, -0.05) is 36.4 Å². The molecule has 0 unspecified atom stereocenters. The first-order chi connectivity index (χ1) is 21.4. The number of para-hydroxylation sites is 2. The van der Waals surface area contributed by atoms with Crippen molar-refractivity contribution in [2.75, 3.05) is 34.9 Å². The average molecular weight is 772 g/mol. The first kappa shape index (κ1) is 52.3. The van der Waals surface area contributed by atoms with E-state index in [-0.39, 0.29) is 16.8 Å². The van der Waals surface area contributed by atoms with E-state index < -0.39 is 30.4 Å². The van der Waals surface area contributed by atoms with Crippen LogP contribution in [0.4, 0.5) is 45.9 Å². The molecule has 48 heavy (non-hydrogen) atoms. The molecule has 0 bridgehead atoms. The molecule has 2 aromatic carbocycles. The molecule has 1 aliphatic heterocycles. The topological polar surface area (TPSA) is 77.8 Å². The summed E-state index contributed by atoms with van der Waals surface area (Å²) >= 11 is 0. The third-order valence-electron chi connectivity index (χ3n) is 5.89. The van der Waals surface area contributed by atoms with Crippen LogP contribution in [0.3, 0.4) is 0 Å². The third kappa shape index (κ3) is 32.0. The minimum atomic E-state index is -6.00. The molecule has 271 valence electrons. The number of anilines is 2. The minimum absolute atomic E-state index is 0. The molecule has 0 spiro atoms. The van der Waals surface area contributed by atoms with Gasteiger partial charge in [0.2, 0.25) is 0 Å². The van der Waals surface area contributed by atoms with Gasteiger partial charge in [-0.15, -0.1) is 0 Å². The number of nitriles is 3. The Morgan fingerprint density at radius 3 is 0.833 bits per heavy atom. The molecule has 0 amide bonds. The molecule has 0 N–H and O–H groups in total. The van der Waals surface area contributed by atoms with Crippen LogP contribution in [0.2, 0.25) is 0 Å². The molecule has 0 aliphatic carbocycles. The summed E-state index contributed by atoms with van der Waals surface area (Å²) in [6.07, 6.45) is 4.91. The van der Waals surface area contributed by atoms with Crippen molar-refractivity contribution in [3.63, 3.8) is 0 Å². The zero-order valence-corrected chi connectivity index (χ0v) is 31.9. The van der Waals surface area contributed by atoms with Crippen LogP contribution in [-0.4, -0.2) is 50.0 Å². The second-order valence-corrected chi connectivity index (χ2v) is 18.4. The molecule has 18 heteroatoms. The van der Waals surface area contributed by atoms with Crippen LogP contribution in [0.1, 0.15) is 62.3 Å². The fraction of sp³-hybridized carbons (Fsp3) is 0.500. The fourth-order valence-electron chi connectivity index (χ4n) is 3.72. The zero-order valence-electron chi connectivity index (χ0n) is 28.8. The van der Waals surface area contributed by atoms with Gasteiger partial charge < -0.3 is 44.3 Å². The molecule has 1 radical (unpaired) electrons. The SMILES string of the molecule is CC#N.CC#N.CC#N.CC(C)(C)[PH+]1CN(c2ccccc2)C[PH+](C(C)(C)C)CN(c2ccccc2)C1.F[B-](F)(F)F.F[B-](F)(F)F.[Co+2]. The first-order valence-corrected chi connectivity index (χ1v) is 18.2. The summed E-state index contributed by atoms with van der Waals surface area (Å²) in [7, 11) is -13.2. The van der Waals surface area contributed by atoms with Crippen LogP contribution in [-0.2, 0) is 16.8 Å². The van der Waals surface area contributed by atoms with E-state index in [1.165, 1.54) is 57.3 Å². The van der Waals surface area contributed by atoms with E-state index in [4.69, 9.17) is 15.8 Å². The van der Waals surface area contributed by atoms with Crippen molar-refractivity contribution in [3.8, 4) is 18.2 Å². The molecule has 3 rings (SSSR count). The van der Waals surface area contributed by atoms with Gasteiger partial charge in [0.25, 0.3) is 0 Å². The molecular weight excluding hydrogens is 725 g/mol. The molecule has 0 aromatic heterocycles. The number of nitrogens with zero attached hydrogens (tertiary/aromatic N) is 5. The Kier molecular flexibility index (Phi) is 28.7. The second-order valence-electron chi connectivity index (χ2n) is 11.8. The van der Waals surface area contributed by atoms with Gasteiger partial charge in [0, 0.05) is 48.0 Å². The summed E-state index contributed by atoms with van der Waals surface area (Å²) in [5, 5.41) is 22.7. The van der Waals surface area contributed by atoms with Gasteiger partial charge >= 0.3 is 31.3 Å². The van der Waals surface area contributed by atoms with Gasteiger partial charge in [-0.05, 0) is 65.8 Å². The molecule has 5 nitrogen and oxygen atoms in total. The van der Waals surface area contributed by atoms with Crippen molar-refractivity contribution in [3.05, 3.63) is 60.7 Å². The minimum Gasteiger partial charge on any atom is -0.418 e. The number of benzene rings is 2. The van der Waals surface area contributed by atoms with E-state index in [9.17, 15) is 34.5 Å². The largest absolute Gasteiger partial charge is 2.00 e. The quantitative estimate of drug-likeness (QED) is 0.173. The van der Waals surface area contributed by atoms with Crippen molar-refractivity contribution in [2.45, 2.75) is 72.6 Å². The summed E-state index contributed by atoms with van der Waals surface area (Å²) in [6, 6.07) is 27.5. The van der Waals surface area contributed by atoms with E-state index in [1.807, 2.05) is 0 Å². The van der Waals surface area contributed by atoms with Crippen LogP contribution >= 0.6 is 15.8 Å². The maximum absolute atomic E-state index is 9.75. The Balaban J connectivity index is -0.000000400. The van der Waals surface area contributed by atoms with Crippen molar-refractivity contribution < 1.29 is 51.3 Å². The summed E-state index contributed by atoms with van der Waals surface area (Å²) in [4.78, 5) is 5.48. The number of halogens is 8. The molecule has 1 heterocycles. The van der Waals surface area contributed by atoms with Crippen LogP contribution in [0, 0.1) is 34.0 Å². The summed E-state index contributed by atoms with van der Waals surface area (Å²) in [6.45, 7) is 19.0. The van der Waals surface area contributed by atoms with E-state index in [0.29, 0.717) is 10.3 Å². The van der Waals surface area contributed by atoms with E-state index in [0.717, 1.165) is 0 Å². The molecule has 2 aromatic rings. The molecule has 1 saturated heterocycles. The third-order valence-corrected chi connectivity index (χ3v) is 13.2. The second kappa shape index (κ2) is 26.3. The number of hydrogen-bond acceptors (Lipinski definition) is 5. The standard InChI is InChI=1S/C24H36N2P2.3C2H3N.2BF4.Co/c1-23(2,3)27-17-25(21-13-9-7-10-14-21)19-28(24(4,5)6)20-26(18-27)22-15-11-8-12-16-22;3*1-2-3;2*2-1(3,4)5;/h7-16H,17-20H2,1-6H3;3*1H3;;;/q;;;;2*-1;+2/p+2. The molecule has 0 atom stereocenters. The van der Waals surface area contributed by atoms with Crippen LogP contribution in [0.25, 0.3) is 0 Å². The molecule has 1 fully saturated rings. The zero-order chi connectivity index (χ0) is 37.5. The van der Waals surface area contributed by atoms with Crippen molar-refractivity contribution in [1.82, 2.24) is 0 Å². The number of rotatable bonds is 2. The average Bonchev–Trinajstić information content (AvgIpc) is 2.88. The van der Waals surface area contributed by atoms with Gasteiger partial charge in [-0.3, -0.25) is 0 Å². The Bertz CT molecular complexity index is 1080. The predicted molar refractivity (Wildman–Crippen MR) is 188 cm³/mol. The van der Waals surface area contributed by atoms with Gasteiger partial charge in [0.1, 0.15) is 25.1 Å². The monoisotopic (exact) mass is 772 g/mol. The Labute approximate surface area is 294 Å². The van der Waals surface area contributed by atoms with Gasteiger partial charge in [-0.25, -0.2) is 0 Å². The van der Waals surface area contributed by atoms with E-state index in [2.05, 4.69) is 112 Å². The maximum atomic E-state index is 9.75. The summed E-state index contributed by atoms with van der Waals surface area (Å²) in [5.74, 6) is 0.